The van der Waals surface area contributed by atoms with Gasteiger partial charge >= 0.3 is 5.97 Å². The fraction of sp³-hybridized carbons (Fsp3) is 0.208. The molecule has 0 spiro atoms. The van der Waals surface area contributed by atoms with Crippen molar-refractivity contribution in [3.8, 4) is 0 Å². The number of aromatic amines is 1. The van der Waals surface area contributed by atoms with E-state index in [1.54, 1.807) is 30.5 Å². The number of amides is 1. The third-order valence-electron chi connectivity index (χ3n) is 5.56. The molecule has 6 nitrogen and oxygen atoms in total. The molecule has 1 amide bonds. The van der Waals surface area contributed by atoms with Gasteiger partial charge in [0.2, 0.25) is 0 Å². The van der Waals surface area contributed by atoms with Crippen molar-refractivity contribution in [2.45, 2.75) is 25.7 Å². The summed E-state index contributed by atoms with van der Waals surface area (Å²) in [5.41, 5.74) is 5.38. The maximum atomic E-state index is 12.7. The minimum Gasteiger partial charge on any atom is -0.481 e. The highest BCUT2D eigenvalue weighted by atomic mass is 16.4. The van der Waals surface area contributed by atoms with E-state index in [1.807, 2.05) is 30.3 Å². The predicted octanol–water partition coefficient (Wildman–Crippen LogP) is 4.26. The van der Waals surface area contributed by atoms with Crippen LogP contribution in [-0.4, -0.2) is 27.7 Å². The number of rotatable bonds is 6. The number of aryl methyl sites for hydroxylation is 1. The van der Waals surface area contributed by atoms with E-state index in [-0.39, 0.29) is 18.2 Å². The number of carboxylic acids is 1. The van der Waals surface area contributed by atoms with Crippen LogP contribution in [0.15, 0.2) is 60.8 Å². The van der Waals surface area contributed by atoms with E-state index in [4.69, 9.17) is 10.5 Å². The maximum absolute atomic E-state index is 12.7. The molecule has 4 rings (SSSR count). The number of hydrogen-bond donors (Lipinski definition) is 4. The van der Waals surface area contributed by atoms with E-state index in [1.165, 1.54) is 5.56 Å². The molecule has 1 aliphatic rings. The third-order valence-corrected chi connectivity index (χ3v) is 5.56. The minimum atomic E-state index is -0.763. The van der Waals surface area contributed by atoms with Gasteiger partial charge in [0.05, 0.1) is 11.4 Å². The Balaban J connectivity index is 1.44. The Morgan fingerprint density at radius 3 is 2.53 bits per heavy atom. The Labute approximate surface area is 174 Å². The molecule has 152 valence electrons. The molecule has 1 unspecified atom stereocenters. The lowest BCUT2D eigenvalue weighted by Gasteiger charge is -2.24. The Morgan fingerprint density at radius 1 is 1.07 bits per heavy atom. The summed E-state index contributed by atoms with van der Waals surface area (Å²) in [5, 5.41) is 20.2. The van der Waals surface area contributed by atoms with Crippen molar-refractivity contribution < 1.29 is 14.7 Å². The van der Waals surface area contributed by atoms with E-state index >= 15 is 0 Å². The summed E-state index contributed by atoms with van der Waals surface area (Å²) in [7, 11) is 0. The van der Waals surface area contributed by atoms with Gasteiger partial charge in [-0.3, -0.25) is 15.0 Å². The second-order valence-corrected chi connectivity index (χ2v) is 7.68. The molecular weight excluding hydrogens is 378 g/mol. The van der Waals surface area contributed by atoms with E-state index in [0.717, 1.165) is 36.1 Å². The molecule has 2 aromatic carbocycles. The van der Waals surface area contributed by atoms with Crippen LogP contribution in [0.3, 0.4) is 0 Å². The summed E-state index contributed by atoms with van der Waals surface area (Å²) in [4.78, 5) is 26.7. The van der Waals surface area contributed by atoms with Gasteiger partial charge in [-0.15, -0.1) is 0 Å². The number of aromatic nitrogens is 1. The largest absolute Gasteiger partial charge is 0.481 e. The molecule has 0 saturated carbocycles. The van der Waals surface area contributed by atoms with Gasteiger partial charge in [-0.25, -0.2) is 0 Å². The molecule has 1 aliphatic carbocycles. The molecule has 1 aromatic heterocycles. The van der Waals surface area contributed by atoms with Crippen LogP contribution in [0.2, 0.25) is 0 Å². The lowest BCUT2D eigenvalue weighted by atomic mass is 9.82. The average molecular weight is 401 g/mol. The Morgan fingerprint density at radius 2 is 1.83 bits per heavy atom. The number of anilines is 1. The number of benzene rings is 2. The number of nitrogens with one attached hydrogen (secondary N) is 3. The van der Waals surface area contributed by atoms with Crippen LogP contribution in [0.1, 0.15) is 45.6 Å². The van der Waals surface area contributed by atoms with Gasteiger partial charge in [0.15, 0.2) is 0 Å². The molecule has 4 N–H and O–H groups in total. The van der Waals surface area contributed by atoms with Crippen molar-refractivity contribution in [2.24, 2.45) is 5.92 Å². The molecule has 6 heteroatoms. The number of carboxylic acid groups (broad SMARTS) is 1. The van der Waals surface area contributed by atoms with Crippen LogP contribution < -0.4 is 5.32 Å². The Hall–Kier alpha value is -3.67. The molecule has 0 bridgehead atoms. The number of aliphatic carboxylic acids is 1. The third kappa shape index (κ3) is 4.33. The van der Waals surface area contributed by atoms with Crippen LogP contribution in [0.25, 0.3) is 0 Å². The first-order chi connectivity index (χ1) is 14.5. The van der Waals surface area contributed by atoms with Crippen molar-refractivity contribution in [3.05, 3.63) is 88.7 Å². The lowest BCUT2D eigenvalue weighted by Crippen LogP contribution is -2.18. The zero-order chi connectivity index (χ0) is 21.1. The van der Waals surface area contributed by atoms with Gasteiger partial charge in [-0.05, 0) is 72.7 Å². The number of fused-ring (bicyclic) bond motifs is 1. The fourth-order valence-corrected chi connectivity index (χ4v) is 3.96. The molecule has 3 aromatic rings. The average Bonchev–Trinajstić information content (AvgIpc) is 3.27. The molecule has 0 fully saturated rings. The minimum absolute atomic E-state index is 0.142. The summed E-state index contributed by atoms with van der Waals surface area (Å²) in [6.45, 7) is 0. The normalized spacial score (nSPS) is 15.3. The van der Waals surface area contributed by atoms with E-state index in [2.05, 4.69) is 10.3 Å². The van der Waals surface area contributed by atoms with Crippen LogP contribution in [0.4, 0.5) is 5.69 Å². The topological polar surface area (TPSA) is 106 Å². The van der Waals surface area contributed by atoms with Gasteiger partial charge in [-0.1, -0.05) is 18.2 Å². The van der Waals surface area contributed by atoms with Crippen LogP contribution in [-0.2, 0) is 17.6 Å². The second kappa shape index (κ2) is 8.37. The first kappa shape index (κ1) is 19.6. The second-order valence-electron chi connectivity index (χ2n) is 7.68. The maximum Gasteiger partial charge on any atom is 0.303 e. The van der Waals surface area contributed by atoms with Gasteiger partial charge in [0.1, 0.15) is 0 Å². The molecule has 0 radical (unpaired) electrons. The molecule has 0 aliphatic heterocycles. The number of carbonyl (C=O) groups is 2. The van der Waals surface area contributed by atoms with Crippen molar-refractivity contribution in [1.82, 2.24) is 4.98 Å². The van der Waals surface area contributed by atoms with Gasteiger partial charge in [0, 0.05) is 29.4 Å². The van der Waals surface area contributed by atoms with Crippen molar-refractivity contribution in [2.75, 3.05) is 5.32 Å². The Bertz CT molecular complexity index is 1090. The zero-order valence-electron chi connectivity index (χ0n) is 16.4. The SMILES string of the molecule is N=C(c1ccc(C(=O)Nc2ccc3c(c2)CC(CC(=O)O)CC3)cc1)c1ccc[nH]1. The van der Waals surface area contributed by atoms with Gasteiger partial charge in [0.25, 0.3) is 5.91 Å². The van der Waals surface area contributed by atoms with Gasteiger partial charge < -0.3 is 15.4 Å². The summed E-state index contributed by atoms with van der Waals surface area (Å²) in [5.74, 6) is -0.838. The monoisotopic (exact) mass is 401 g/mol. The summed E-state index contributed by atoms with van der Waals surface area (Å²) in [6, 6.07) is 16.5. The molecular formula is C24H23N3O3. The quantitative estimate of drug-likeness (QED) is 0.464. The molecule has 30 heavy (non-hydrogen) atoms. The highest BCUT2D eigenvalue weighted by Crippen LogP contribution is 2.29. The summed E-state index contributed by atoms with van der Waals surface area (Å²) in [6.07, 6.45) is 4.43. The highest BCUT2D eigenvalue weighted by Gasteiger charge is 2.21. The number of carbonyl (C=O) groups excluding carboxylic acids is 1. The van der Waals surface area contributed by atoms with Crippen LogP contribution >= 0.6 is 0 Å². The standard InChI is InChI=1S/C24H23N3O3/c25-23(21-2-1-11-26-21)17-5-7-18(8-6-17)24(30)27-20-10-9-16-4-3-15(13-22(28)29)12-19(16)14-20/h1-2,5-11,14-15,25-26H,3-4,12-13H2,(H,27,30)(H,28,29). The van der Waals surface area contributed by atoms with E-state index in [9.17, 15) is 9.59 Å². The van der Waals surface area contributed by atoms with Gasteiger partial charge in [-0.2, -0.15) is 0 Å². The van der Waals surface area contributed by atoms with Crippen molar-refractivity contribution >= 4 is 23.3 Å². The van der Waals surface area contributed by atoms with Crippen molar-refractivity contribution in [3.63, 3.8) is 0 Å². The van der Waals surface area contributed by atoms with Crippen molar-refractivity contribution in [1.29, 1.82) is 5.41 Å². The first-order valence-corrected chi connectivity index (χ1v) is 9.97. The molecule has 1 atom stereocenters. The number of H-pyrrole nitrogens is 1. The summed E-state index contributed by atoms with van der Waals surface area (Å²) < 4.78 is 0. The zero-order valence-corrected chi connectivity index (χ0v) is 16.4. The van der Waals surface area contributed by atoms with Crippen LogP contribution in [0.5, 0.6) is 0 Å². The highest BCUT2D eigenvalue weighted by molar-refractivity contribution is 6.10. The first-order valence-electron chi connectivity index (χ1n) is 9.97. The smallest absolute Gasteiger partial charge is 0.303 e. The lowest BCUT2D eigenvalue weighted by molar-refractivity contribution is -0.138. The Kier molecular flexibility index (Phi) is 5.48. The molecule has 1 heterocycles. The predicted molar refractivity (Wildman–Crippen MR) is 115 cm³/mol. The number of hydrogen-bond acceptors (Lipinski definition) is 3. The summed E-state index contributed by atoms with van der Waals surface area (Å²) >= 11 is 0. The van der Waals surface area contributed by atoms with E-state index in [0.29, 0.717) is 17.0 Å². The van der Waals surface area contributed by atoms with E-state index < -0.39 is 5.97 Å². The van der Waals surface area contributed by atoms with Crippen LogP contribution in [0, 0.1) is 11.3 Å². The molecule has 0 saturated heterocycles. The fourth-order valence-electron chi connectivity index (χ4n) is 3.96.